The number of hydrogen-bond acceptors (Lipinski definition) is 6. The first kappa shape index (κ1) is 27.0. The zero-order chi connectivity index (χ0) is 24.9. The van der Waals surface area contributed by atoms with Crippen LogP contribution < -0.4 is 14.2 Å². The highest BCUT2D eigenvalue weighted by atomic mass is 35.5. The van der Waals surface area contributed by atoms with Gasteiger partial charge in [-0.1, -0.05) is 49.2 Å². The third-order valence-electron chi connectivity index (χ3n) is 5.30. The lowest BCUT2D eigenvalue weighted by molar-refractivity contribution is -0.146. The Hall–Kier alpha value is -1.55. The molecule has 0 radical (unpaired) electrons. The molecule has 0 aromatic heterocycles. The Morgan fingerprint density at radius 1 is 1.18 bits per heavy atom. The Morgan fingerprint density at radius 2 is 1.82 bits per heavy atom. The van der Waals surface area contributed by atoms with Crippen molar-refractivity contribution in [1.29, 1.82) is 0 Å². The molecule has 1 aliphatic heterocycles. The van der Waals surface area contributed by atoms with Gasteiger partial charge in [0.25, 0.3) is 0 Å². The van der Waals surface area contributed by atoms with Crippen LogP contribution in [0.1, 0.15) is 31.9 Å². The Kier molecular flexibility index (Phi) is 9.49. The summed E-state index contributed by atoms with van der Waals surface area (Å²) < 4.78 is 35.6. The molecule has 3 unspecified atom stereocenters. The highest BCUT2D eigenvalue weighted by Crippen LogP contribution is 2.40. The maximum atomic E-state index is 11.2. The van der Waals surface area contributed by atoms with E-state index in [0.29, 0.717) is 34.7 Å². The number of alkyl halides is 1. The van der Waals surface area contributed by atoms with E-state index in [2.05, 4.69) is 18.6 Å². The van der Waals surface area contributed by atoms with E-state index in [1.165, 1.54) is 6.92 Å². The number of benzene rings is 2. The van der Waals surface area contributed by atoms with E-state index < -0.39 is 28.8 Å². The lowest BCUT2D eigenvalue weighted by Crippen LogP contribution is -2.26. The van der Waals surface area contributed by atoms with Crippen LogP contribution in [0.3, 0.4) is 0 Å². The first-order valence-electron chi connectivity index (χ1n) is 10.5. The van der Waals surface area contributed by atoms with Crippen LogP contribution in [0.4, 0.5) is 0 Å². The quantitative estimate of drug-likeness (QED) is 0.338. The van der Waals surface area contributed by atoms with Crippen LogP contribution >= 0.6 is 34.8 Å². The average Bonchev–Trinajstić information content (AvgIpc) is 3.21. The molecule has 2 aromatic rings. The highest BCUT2D eigenvalue weighted by Gasteiger charge is 2.27. The monoisotopic (exact) mass is 549 g/mol. The number of hydrogen-bond donors (Lipinski definition) is 1. The minimum absolute atomic E-state index is 0.0323. The third kappa shape index (κ3) is 6.99. The second kappa shape index (κ2) is 11.9. The van der Waals surface area contributed by atoms with Crippen LogP contribution in [0.15, 0.2) is 36.4 Å². The molecule has 0 saturated carbocycles. The summed E-state index contributed by atoms with van der Waals surface area (Å²) >= 11 is 17.4. The van der Waals surface area contributed by atoms with E-state index in [9.17, 15) is 9.00 Å². The molecular weight excluding hydrogens is 525 g/mol. The van der Waals surface area contributed by atoms with Gasteiger partial charge in [0, 0.05) is 18.9 Å². The van der Waals surface area contributed by atoms with E-state index in [1.54, 1.807) is 12.1 Å². The van der Waals surface area contributed by atoms with Crippen LogP contribution in [0.5, 0.6) is 11.5 Å². The molecule has 1 fully saturated rings. The largest absolute Gasteiger partial charge is 0.491 e. The Morgan fingerprint density at radius 3 is 2.35 bits per heavy atom. The van der Waals surface area contributed by atoms with Crippen LogP contribution in [0.25, 0.3) is 0 Å². The topological polar surface area (TPSA) is 83.1 Å². The molecule has 1 N–H and O–H groups in total. The van der Waals surface area contributed by atoms with E-state index >= 15 is 0 Å². The average molecular weight is 551 g/mol. The fourth-order valence-corrected chi connectivity index (χ4v) is 4.85. The van der Waals surface area contributed by atoms with Crippen molar-refractivity contribution in [2.75, 3.05) is 25.6 Å². The second-order valence-corrected chi connectivity index (χ2v) is 10.3. The van der Waals surface area contributed by atoms with Gasteiger partial charge in [-0.3, -0.25) is 8.98 Å². The molecule has 186 valence electrons. The van der Waals surface area contributed by atoms with Gasteiger partial charge in [0.05, 0.1) is 15.9 Å². The fourth-order valence-electron chi connectivity index (χ4n) is 3.34. The number of carbonyl (C=O) groups is 1. The number of rotatable bonds is 10. The predicted octanol–water partition coefficient (Wildman–Crippen LogP) is 4.81. The molecule has 1 saturated heterocycles. The summed E-state index contributed by atoms with van der Waals surface area (Å²) in [5.41, 5.74) is 1.50. The lowest BCUT2D eigenvalue weighted by atomic mass is 9.78. The molecule has 34 heavy (non-hydrogen) atoms. The van der Waals surface area contributed by atoms with Crippen molar-refractivity contribution in [3.63, 3.8) is 0 Å². The molecule has 11 heteroatoms. The molecule has 0 amide bonds. The van der Waals surface area contributed by atoms with Crippen molar-refractivity contribution < 1.29 is 27.4 Å². The van der Waals surface area contributed by atoms with Crippen molar-refractivity contribution in [3.8, 4) is 11.5 Å². The molecule has 0 aliphatic carbocycles. The molecule has 3 rings (SSSR count). The van der Waals surface area contributed by atoms with Crippen LogP contribution in [0, 0.1) is 0 Å². The number of carbonyl (C=O) groups excluding carboxylic acids is 1. The Balaban J connectivity index is 1.69. The van der Waals surface area contributed by atoms with Crippen LogP contribution in [0.2, 0.25) is 10.0 Å². The molecule has 0 bridgehead atoms. The SMILES string of the molecule is CC(=O)OC(CCl)COc1c(Cl)cc(C(C)(C)c2ccc(OCC3CNS(=O)O3)cc2)cc1Cl. The van der Waals surface area contributed by atoms with E-state index in [1.807, 2.05) is 24.3 Å². The van der Waals surface area contributed by atoms with E-state index in [0.717, 1.165) is 11.1 Å². The summed E-state index contributed by atoms with van der Waals surface area (Å²) in [6.07, 6.45) is -0.863. The predicted molar refractivity (Wildman–Crippen MR) is 133 cm³/mol. The highest BCUT2D eigenvalue weighted by molar-refractivity contribution is 7.78. The molecular formula is C23H26Cl3NO6S. The summed E-state index contributed by atoms with van der Waals surface area (Å²) in [6, 6.07) is 11.3. The van der Waals surface area contributed by atoms with Crippen molar-refractivity contribution in [2.45, 2.75) is 38.4 Å². The van der Waals surface area contributed by atoms with Gasteiger partial charge in [0.2, 0.25) is 11.3 Å². The molecule has 3 atom stereocenters. The maximum absolute atomic E-state index is 11.2. The lowest BCUT2D eigenvalue weighted by Gasteiger charge is -2.27. The van der Waals surface area contributed by atoms with Gasteiger partial charge >= 0.3 is 5.97 Å². The summed E-state index contributed by atoms with van der Waals surface area (Å²) in [5.74, 6) is 0.630. The maximum Gasteiger partial charge on any atom is 0.303 e. The molecule has 1 aliphatic rings. The van der Waals surface area contributed by atoms with Crippen LogP contribution in [-0.4, -0.2) is 48.0 Å². The number of halogens is 3. The van der Waals surface area contributed by atoms with Crippen molar-refractivity contribution >= 4 is 52.0 Å². The van der Waals surface area contributed by atoms with Gasteiger partial charge in [-0.15, -0.1) is 11.6 Å². The van der Waals surface area contributed by atoms with Gasteiger partial charge in [0.1, 0.15) is 31.2 Å². The molecule has 0 spiro atoms. The summed E-state index contributed by atoms with van der Waals surface area (Å²) in [6.45, 7) is 6.24. The minimum atomic E-state index is -1.45. The number of nitrogens with one attached hydrogen (secondary N) is 1. The van der Waals surface area contributed by atoms with E-state index in [4.69, 9.17) is 53.2 Å². The number of ether oxygens (including phenoxy) is 3. The summed E-state index contributed by atoms with van der Waals surface area (Å²) in [7, 11) is 0. The van der Waals surface area contributed by atoms with Gasteiger partial charge in [-0.25, -0.2) is 8.93 Å². The second-order valence-electron chi connectivity index (χ2n) is 8.23. The zero-order valence-electron chi connectivity index (χ0n) is 18.9. The summed E-state index contributed by atoms with van der Waals surface area (Å²) in [5, 5.41) is 0.684. The standard InChI is InChI=1S/C23H26Cl3NO6S/c1-14(28)32-18(10-24)12-31-22-20(25)8-16(9-21(22)26)23(2,3)15-4-6-17(7-5-15)30-13-19-11-27-34(29)33-19/h4-9,18-19,27H,10-13H2,1-3H3. The first-order valence-corrected chi connectivity index (χ1v) is 12.9. The smallest absolute Gasteiger partial charge is 0.303 e. The van der Waals surface area contributed by atoms with Crippen molar-refractivity contribution in [2.24, 2.45) is 0 Å². The van der Waals surface area contributed by atoms with Crippen LogP contribution in [-0.2, 0) is 30.4 Å². The fraction of sp³-hybridized carbons (Fsp3) is 0.435. The van der Waals surface area contributed by atoms with Gasteiger partial charge in [-0.05, 0) is 35.4 Å². The molecule has 7 nitrogen and oxygen atoms in total. The Bertz CT molecular complexity index is 1010. The normalized spacial score (nSPS) is 19.0. The van der Waals surface area contributed by atoms with Gasteiger partial charge in [0.15, 0.2) is 5.75 Å². The third-order valence-corrected chi connectivity index (χ3v) is 7.06. The van der Waals surface area contributed by atoms with Gasteiger partial charge in [-0.2, -0.15) is 0 Å². The molecule has 2 aromatic carbocycles. The number of esters is 1. The zero-order valence-corrected chi connectivity index (χ0v) is 22.0. The van der Waals surface area contributed by atoms with Crippen molar-refractivity contribution in [3.05, 3.63) is 57.6 Å². The summed E-state index contributed by atoms with van der Waals surface area (Å²) in [4.78, 5) is 11.2. The van der Waals surface area contributed by atoms with E-state index in [-0.39, 0.29) is 18.6 Å². The minimum Gasteiger partial charge on any atom is -0.491 e. The first-order chi connectivity index (χ1) is 16.1. The Labute approximate surface area is 216 Å². The van der Waals surface area contributed by atoms with Gasteiger partial charge < -0.3 is 14.2 Å². The molecule has 1 heterocycles. The van der Waals surface area contributed by atoms with Crippen molar-refractivity contribution in [1.82, 2.24) is 4.72 Å².